The second-order valence-corrected chi connectivity index (χ2v) is 9.40. The summed E-state index contributed by atoms with van der Waals surface area (Å²) in [5, 5.41) is 2.41. The molecule has 0 saturated carbocycles. The van der Waals surface area contributed by atoms with Gasteiger partial charge in [-0.2, -0.15) is 4.99 Å². The third-order valence-electron chi connectivity index (χ3n) is 4.40. The first-order chi connectivity index (χ1) is 16.8. The van der Waals surface area contributed by atoms with Gasteiger partial charge in [0.1, 0.15) is 5.75 Å². The molecule has 2 aromatic carbocycles. The first-order valence-corrected chi connectivity index (χ1v) is 11.8. The molecule has 194 valence electrons. The molecule has 11 nitrogen and oxygen atoms in total. The lowest BCUT2D eigenvalue weighted by Crippen LogP contribution is -2.41. The van der Waals surface area contributed by atoms with E-state index in [0.29, 0.717) is 6.54 Å². The van der Waals surface area contributed by atoms with Crippen LogP contribution in [0.4, 0.5) is 13.6 Å². The number of guanidine groups is 1. The van der Waals surface area contributed by atoms with Gasteiger partial charge in [0.15, 0.2) is 23.3 Å². The number of nitrogens with two attached hydrogens (primary N) is 2. The van der Waals surface area contributed by atoms with E-state index in [4.69, 9.17) is 16.2 Å². The molecular weight excluding hydrogens is 498 g/mol. The number of amides is 3. The number of urea groups is 1. The van der Waals surface area contributed by atoms with Crippen molar-refractivity contribution >= 4 is 34.0 Å². The summed E-state index contributed by atoms with van der Waals surface area (Å²) in [5.41, 5.74) is 10.3. The Hall–Kier alpha value is -4.04. The number of hydrogen-bond donors (Lipinski definition) is 4. The number of nitrogens with one attached hydrogen (secondary N) is 2. The van der Waals surface area contributed by atoms with Gasteiger partial charge in [0.05, 0.1) is 4.90 Å². The van der Waals surface area contributed by atoms with E-state index in [0.717, 1.165) is 24.3 Å². The molecule has 0 aliphatic heterocycles. The molecule has 0 bridgehead atoms. The van der Waals surface area contributed by atoms with Crippen LogP contribution in [-0.4, -0.2) is 58.4 Å². The third-order valence-corrected chi connectivity index (χ3v) is 5.74. The molecule has 0 radical (unpaired) electrons. The fourth-order valence-electron chi connectivity index (χ4n) is 2.69. The van der Waals surface area contributed by atoms with E-state index in [9.17, 15) is 26.8 Å². The van der Waals surface area contributed by atoms with Gasteiger partial charge in [-0.1, -0.05) is 0 Å². The van der Waals surface area contributed by atoms with Crippen LogP contribution >= 0.6 is 0 Å². The number of carbonyl (C=O) groups is 2. The molecule has 6 N–H and O–H groups in total. The maximum Gasteiger partial charge on any atom is 0.328 e. The van der Waals surface area contributed by atoms with Crippen LogP contribution in [0.2, 0.25) is 0 Å². The highest BCUT2D eigenvalue weighted by molar-refractivity contribution is 7.90. The van der Waals surface area contributed by atoms with Gasteiger partial charge >= 0.3 is 6.03 Å². The Morgan fingerprint density at radius 2 is 1.69 bits per heavy atom. The number of nitrogens with zero attached hydrogens (tertiary/aromatic N) is 2. The predicted molar refractivity (Wildman–Crippen MR) is 130 cm³/mol. The quantitative estimate of drug-likeness (QED) is 0.217. The Morgan fingerprint density at radius 1 is 1.11 bits per heavy atom. The zero-order chi connectivity index (χ0) is 27.0. The smallest absolute Gasteiger partial charge is 0.328 e. The number of hydrogen-bond acceptors (Lipinski definition) is 6. The Bertz CT molecular complexity index is 1270. The lowest BCUT2D eigenvalue weighted by atomic mass is 10.1. The van der Waals surface area contributed by atoms with E-state index in [2.05, 4.69) is 10.3 Å². The number of likely N-dealkylation sites (N-methyl/N-ethyl adjacent to an activating group) is 1. The molecule has 14 heteroatoms. The molecule has 0 aliphatic carbocycles. The molecule has 0 atom stereocenters. The molecule has 36 heavy (non-hydrogen) atoms. The molecule has 3 amide bonds. The number of halogens is 2. The first kappa shape index (κ1) is 28.2. The Morgan fingerprint density at radius 3 is 2.22 bits per heavy atom. The van der Waals surface area contributed by atoms with Crippen LogP contribution in [0, 0.1) is 11.6 Å². The summed E-state index contributed by atoms with van der Waals surface area (Å²) in [6.07, 6.45) is 1.19. The van der Waals surface area contributed by atoms with Crippen molar-refractivity contribution in [2.45, 2.75) is 11.8 Å². The van der Waals surface area contributed by atoms with E-state index >= 15 is 0 Å². The summed E-state index contributed by atoms with van der Waals surface area (Å²) in [6.45, 7) is 2.12. The fourth-order valence-corrected chi connectivity index (χ4v) is 3.62. The summed E-state index contributed by atoms with van der Waals surface area (Å²) in [4.78, 5) is 28.4. The van der Waals surface area contributed by atoms with Gasteiger partial charge in [-0.25, -0.2) is 26.7 Å². The van der Waals surface area contributed by atoms with Crippen molar-refractivity contribution in [3.63, 3.8) is 0 Å². The number of sulfonamides is 1. The maximum absolute atomic E-state index is 14.5. The van der Waals surface area contributed by atoms with Gasteiger partial charge in [0, 0.05) is 18.7 Å². The number of benzene rings is 2. The first-order valence-electron chi connectivity index (χ1n) is 10.3. The number of ether oxygens (including phenoxy) is 1. The van der Waals surface area contributed by atoms with Crippen molar-refractivity contribution in [2.75, 3.05) is 27.2 Å². The van der Waals surface area contributed by atoms with Crippen LogP contribution in [0.5, 0.6) is 11.5 Å². The zero-order valence-corrected chi connectivity index (χ0v) is 20.5. The van der Waals surface area contributed by atoms with Gasteiger partial charge in [0.2, 0.25) is 0 Å². The normalized spacial score (nSPS) is 11.7. The molecule has 2 rings (SSSR count). The standard InChI is InChI=1S/C22H26F2N6O5S/c1-13(20(31)28-21(25)26)10-14-11-17(23)19(18(24)12-14)35-15-4-6-16(7-5-15)36(33,34)29-22(32)27-8-9-30(2)3/h4-7,10-12H,8-9H2,1-3H3,(H2,27,29,32)(H4,25,26,28,31). The van der Waals surface area contributed by atoms with E-state index in [1.807, 2.05) is 4.72 Å². The minimum atomic E-state index is -4.19. The van der Waals surface area contributed by atoms with Crippen molar-refractivity contribution in [1.29, 1.82) is 0 Å². The molecular formula is C22H26F2N6O5S. The average molecular weight is 525 g/mol. The minimum absolute atomic E-state index is 0.0189. The molecule has 0 heterocycles. The van der Waals surface area contributed by atoms with E-state index < -0.39 is 45.3 Å². The van der Waals surface area contributed by atoms with Crippen molar-refractivity contribution < 1.29 is 31.5 Å². The second-order valence-electron chi connectivity index (χ2n) is 7.72. The van der Waals surface area contributed by atoms with Crippen LogP contribution in [0.3, 0.4) is 0 Å². The number of rotatable bonds is 9. The minimum Gasteiger partial charge on any atom is -0.451 e. The Kier molecular flexibility index (Phi) is 9.46. The van der Waals surface area contributed by atoms with Crippen LogP contribution in [0.25, 0.3) is 6.08 Å². The number of aliphatic imine (C=N–C) groups is 1. The van der Waals surface area contributed by atoms with Crippen LogP contribution < -0.4 is 26.2 Å². The summed E-state index contributed by atoms with van der Waals surface area (Å²) < 4.78 is 60.9. The van der Waals surface area contributed by atoms with Crippen molar-refractivity contribution in [3.05, 3.63) is 59.2 Å². The van der Waals surface area contributed by atoms with Crippen molar-refractivity contribution in [2.24, 2.45) is 16.5 Å². The highest BCUT2D eigenvalue weighted by Gasteiger charge is 2.19. The van der Waals surface area contributed by atoms with Crippen molar-refractivity contribution in [1.82, 2.24) is 14.9 Å². The molecule has 0 saturated heterocycles. The topological polar surface area (TPSA) is 169 Å². The lowest BCUT2D eigenvalue weighted by Gasteiger charge is -2.12. The van der Waals surface area contributed by atoms with Gasteiger partial charge in [-0.05, 0) is 69.1 Å². The van der Waals surface area contributed by atoms with Crippen LogP contribution in [-0.2, 0) is 14.8 Å². The lowest BCUT2D eigenvalue weighted by molar-refractivity contribution is -0.114. The van der Waals surface area contributed by atoms with Crippen LogP contribution in [0.1, 0.15) is 12.5 Å². The Balaban J connectivity index is 2.13. The van der Waals surface area contributed by atoms with Crippen LogP contribution in [0.15, 0.2) is 51.9 Å². The van der Waals surface area contributed by atoms with E-state index in [-0.39, 0.29) is 28.3 Å². The average Bonchev–Trinajstić information content (AvgIpc) is 2.75. The van der Waals surface area contributed by atoms with Gasteiger partial charge in [-0.15, -0.1) is 0 Å². The highest BCUT2D eigenvalue weighted by atomic mass is 32.2. The second kappa shape index (κ2) is 12.1. The molecule has 0 spiro atoms. The highest BCUT2D eigenvalue weighted by Crippen LogP contribution is 2.30. The largest absolute Gasteiger partial charge is 0.451 e. The number of carbonyl (C=O) groups excluding carboxylic acids is 2. The van der Waals surface area contributed by atoms with Gasteiger partial charge < -0.3 is 26.4 Å². The molecule has 0 unspecified atom stereocenters. The molecule has 0 aliphatic rings. The van der Waals surface area contributed by atoms with E-state index in [1.54, 1.807) is 19.0 Å². The maximum atomic E-state index is 14.5. The fraction of sp³-hybridized carbons (Fsp3) is 0.227. The monoisotopic (exact) mass is 524 g/mol. The summed E-state index contributed by atoms with van der Waals surface area (Å²) in [6, 6.07) is 5.52. The summed E-state index contributed by atoms with van der Waals surface area (Å²) >= 11 is 0. The molecule has 0 aromatic heterocycles. The van der Waals surface area contributed by atoms with Crippen molar-refractivity contribution in [3.8, 4) is 11.5 Å². The zero-order valence-electron chi connectivity index (χ0n) is 19.7. The molecule has 2 aromatic rings. The third kappa shape index (κ3) is 8.32. The predicted octanol–water partition coefficient (Wildman–Crippen LogP) is 1.51. The van der Waals surface area contributed by atoms with Gasteiger partial charge in [-0.3, -0.25) is 4.79 Å². The Labute approximate surface area is 206 Å². The summed E-state index contributed by atoms with van der Waals surface area (Å²) in [7, 11) is -0.596. The molecule has 0 fully saturated rings. The van der Waals surface area contributed by atoms with E-state index in [1.165, 1.54) is 25.1 Å². The summed E-state index contributed by atoms with van der Waals surface area (Å²) in [5.74, 6) is -4.18. The SMILES string of the molecule is CC(=Cc1cc(F)c(Oc2ccc(S(=O)(=O)NC(=O)NCCN(C)C)cc2)c(F)c1)C(=O)N=C(N)N. The van der Waals surface area contributed by atoms with Gasteiger partial charge in [0.25, 0.3) is 15.9 Å².